The second kappa shape index (κ2) is 12.3. The summed E-state index contributed by atoms with van der Waals surface area (Å²) in [5, 5.41) is 1.04. The van der Waals surface area contributed by atoms with Gasteiger partial charge >= 0.3 is 0 Å². The Balaban J connectivity index is 1.19. The Morgan fingerprint density at radius 2 is 1.67 bits per heavy atom. The molecule has 0 spiro atoms. The Labute approximate surface area is 238 Å². The smallest absolute Gasteiger partial charge is 0.253 e. The monoisotopic (exact) mass is 564 g/mol. The number of nitrogens with two attached hydrogens (primary N) is 1. The first-order valence-electron chi connectivity index (χ1n) is 13.3. The molecule has 10 heteroatoms. The summed E-state index contributed by atoms with van der Waals surface area (Å²) in [7, 11) is 0. The molecule has 2 aliphatic rings. The van der Waals surface area contributed by atoms with E-state index in [1.54, 1.807) is 4.90 Å². The van der Waals surface area contributed by atoms with Crippen LogP contribution >= 0.6 is 23.4 Å². The Morgan fingerprint density at radius 3 is 2.38 bits per heavy atom. The Hall–Kier alpha value is -3.30. The van der Waals surface area contributed by atoms with Crippen LogP contribution in [0.2, 0.25) is 5.15 Å². The van der Waals surface area contributed by atoms with E-state index in [2.05, 4.69) is 46.0 Å². The van der Waals surface area contributed by atoms with Gasteiger partial charge in [-0.2, -0.15) is 0 Å². The number of aryl methyl sites for hydroxylation is 1. The number of piperazine rings is 1. The van der Waals surface area contributed by atoms with E-state index in [-0.39, 0.29) is 17.7 Å². The third kappa shape index (κ3) is 6.65. The van der Waals surface area contributed by atoms with Crippen molar-refractivity contribution in [3.05, 3.63) is 76.4 Å². The first kappa shape index (κ1) is 27.3. The second-order valence-corrected chi connectivity index (χ2v) is 11.4. The zero-order valence-corrected chi connectivity index (χ0v) is 23.6. The largest absolute Gasteiger partial charge is 0.369 e. The summed E-state index contributed by atoms with van der Waals surface area (Å²) < 4.78 is 0. The van der Waals surface area contributed by atoms with E-state index < -0.39 is 0 Å². The quantitative estimate of drug-likeness (QED) is 0.258. The number of para-hydroxylation sites is 1. The number of benzene rings is 2. The summed E-state index contributed by atoms with van der Waals surface area (Å²) in [4.78, 5) is 40.2. The Kier molecular flexibility index (Phi) is 8.57. The maximum Gasteiger partial charge on any atom is 0.253 e. The Morgan fingerprint density at radius 1 is 0.949 bits per heavy atom. The molecule has 2 saturated heterocycles. The van der Waals surface area contributed by atoms with Crippen molar-refractivity contribution in [1.82, 2.24) is 14.9 Å². The van der Waals surface area contributed by atoms with Crippen molar-refractivity contribution in [1.29, 1.82) is 0 Å². The van der Waals surface area contributed by atoms with Gasteiger partial charge in [-0.15, -0.1) is 0 Å². The van der Waals surface area contributed by atoms with Gasteiger partial charge in [0.1, 0.15) is 11.0 Å². The first-order chi connectivity index (χ1) is 18.9. The topological polar surface area (TPSA) is 95.7 Å². The number of anilines is 2. The number of carbonyl (C=O) groups is 2. The highest BCUT2D eigenvalue weighted by atomic mass is 35.5. The molecule has 8 nitrogen and oxygen atoms in total. The standard InChI is InChI=1S/C29H33ClN6O2S/c1-20-5-2-3-8-24(20)34-13-15-35(16-14-34)26-18-25(30)32-29(33-26)39-19-21-6-4-7-23(17-21)28(38)36-11-9-22(10-12-36)27(31)37/h2-8,17-18,22H,9-16,19H2,1H3,(H2,31,37). The highest BCUT2D eigenvalue weighted by Gasteiger charge is 2.26. The molecule has 0 atom stereocenters. The highest BCUT2D eigenvalue weighted by molar-refractivity contribution is 7.98. The van der Waals surface area contributed by atoms with Crippen LogP contribution in [0.25, 0.3) is 0 Å². The van der Waals surface area contributed by atoms with Crippen LogP contribution in [0, 0.1) is 12.8 Å². The molecule has 39 heavy (non-hydrogen) atoms. The van der Waals surface area contributed by atoms with Crippen LogP contribution in [0.5, 0.6) is 0 Å². The second-order valence-electron chi connectivity index (χ2n) is 10.0. The summed E-state index contributed by atoms with van der Waals surface area (Å²) in [6.07, 6.45) is 1.23. The van der Waals surface area contributed by atoms with E-state index in [4.69, 9.17) is 22.3 Å². The van der Waals surface area contributed by atoms with Crippen LogP contribution < -0.4 is 15.5 Å². The molecule has 0 radical (unpaired) electrons. The van der Waals surface area contributed by atoms with Gasteiger partial charge in [0.05, 0.1) is 0 Å². The lowest BCUT2D eigenvalue weighted by atomic mass is 9.96. The van der Waals surface area contributed by atoms with E-state index in [1.165, 1.54) is 23.0 Å². The van der Waals surface area contributed by atoms with E-state index in [1.807, 2.05) is 30.3 Å². The molecule has 2 fully saturated rings. The zero-order chi connectivity index (χ0) is 27.4. The minimum Gasteiger partial charge on any atom is -0.369 e. The van der Waals surface area contributed by atoms with Crippen molar-refractivity contribution in [3.63, 3.8) is 0 Å². The fraction of sp³-hybridized carbons (Fsp3) is 0.379. The van der Waals surface area contributed by atoms with Gasteiger partial charge in [-0.1, -0.05) is 53.7 Å². The Bertz CT molecular complexity index is 1340. The molecule has 2 N–H and O–H groups in total. The van der Waals surface area contributed by atoms with Gasteiger partial charge in [-0.05, 0) is 49.1 Å². The SMILES string of the molecule is Cc1ccccc1N1CCN(c2cc(Cl)nc(SCc3cccc(C(=O)N4CCC(C(N)=O)CC4)c3)n2)CC1. The van der Waals surface area contributed by atoms with Crippen LogP contribution in [0.3, 0.4) is 0 Å². The van der Waals surface area contributed by atoms with Crippen molar-refractivity contribution in [2.24, 2.45) is 11.7 Å². The molecule has 0 saturated carbocycles. The minimum atomic E-state index is -0.281. The van der Waals surface area contributed by atoms with Gasteiger partial charge in [0.25, 0.3) is 5.91 Å². The molecular weight excluding hydrogens is 532 g/mol. The van der Waals surface area contributed by atoms with Gasteiger partial charge in [-0.3, -0.25) is 9.59 Å². The van der Waals surface area contributed by atoms with E-state index in [0.29, 0.717) is 47.6 Å². The maximum absolute atomic E-state index is 13.1. The number of thioether (sulfide) groups is 1. The average Bonchev–Trinajstić information content (AvgIpc) is 2.96. The van der Waals surface area contributed by atoms with Crippen molar-refractivity contribution < 1.29 is 9.59 Å². The third-order valence-corrected chi connectivity index (χ3v) is 8.56. The number of hydrogen-bond acceptors (Lipinski definition) is 7. The number of piperidine rings is 1. The average molecular weight is 565 g/mol. The minimum absolute atomic E-state index is 0.0177. The molecule has 2 amide bonds. The third-order valence-electron chi connectivity index (χ3n) is 7.45. The molecule has 0 bridgehead atoms. The first-order valence-corrected chi connectivity index (χ1v) is 14.6. The lowest BCUT2D eigenvalue weighted by molar-refractivity contribution is -0.123. The van der Waals surface area contributed by atoms with Crippen molar-refractivity contribution in [2.75, 3.05) is 49.1 Å². The van der Waals surface area contributed by atoms with Crippen LogP contribution in [0.15, 0.2) is 59.8 Å². The van der Waals surface area contributed by atoms with Gasteiger partial charge in [-0.25, -0.2) is 9.97 Å². The summed E-state index contributed by atoms with van der Waals surface area (Å²) >= 11 is 7.90. The number of primary amides is 1. The molecule has 0 aliphatic carbocycles. The molecule has 204 valence electrons. The highest BCUT2D eigenvalue weighted by Crippen LogP contribution is 2.27. The maximum atomic E-state index is 13.1. The predicted octanol–water partition coefficient (Wildman–Crippen LogP) is 4.39. The van der Waals surface area contributed by atoms with Crippen LogP contribution in [-0.2, 0) is 10.5 Å². The number of nitrogens with zero attached hydrogens (tertiary/aromatic N) is 5. The van der Waals surface area contributed by atoms with Crippen LogP contribution in [-0.4, -0.2) is 66.0 Å². The fourth-order valence-electron chi connectivity index (χ4n) is 5.20. The normalized spacial score (nSPS) is 16.4. The zero-order valence-electron chi connectivity index (χ0n) is 22.1. The molecule has 2 aliphatic heterocycles. The van der Waals surface area contributed by atoms with Gasteiger partial charge in [0, 0.05) is 68.3 Å². The molecule has 3 heterocycles. The molecule has 0 unspecified atom stereocenters. The van der Waals surface area contributed by atoms with Gasteiger partial charge in [0.2, 0.25) is 5.91 Å². The molecular formula is C29H33ClN6O2S. The van der Waals surface area contributed by atoms with E-state index >= 15 is 0 Å². The van der Waals surface area contributed by atoms with Crippen molar-refractivity contribution in [2.45, 2.75) is 30.7 Å². The van der Waals surface area contributed by atoms with Crippen LogP contribution in [0.1, 0.15) is 34.3 Å². The molecule has 3 aromatic rings. The molecule has 5 rings (SSSR count). The van der Waals surface area contributed by atoms with E-state index in [9.17, 15) is 9.59 Å². The summed E-state index contributed by atoms with van der Waals surface area (Å²) in [5.74, 6) is 1.01. The molecule has 1 aromatic heterocycles. The van der Waals surface area contributed by atoms with Crippen molar-refractivity contribution in [3.8, 4) is 0 Å². The lowest BCUT2D eigenvalue weighted by Gasteiger charge is -2.37. The van der Waals surface area contributed by atoms with Crippen LogP contribution in [0.4, 0.5) is 11.5 Å². The van der Waals surface area contributed by atoms with E-state index in [0.717, 1.165) is 37.6 Å². The predicted molar refractivity (Wildman–Crippen MR) is 156 cm³/mol. The molecule has 2 aromatic carbocycles. The van der Waals surface area contributed by atoms with Gasteiger partial charge in [0.15, 0.2) is 5.16 Å². The number of hydrogen-bond donors (Lipinski definition) is 1. The van der Waals surface area contributed by atoms with Crippen molar-refractivity contribution >= 4 is 46.7 Å². The summed E-state index contributed by atoms with van der Waals surface area (Å²) in [6.45, 7) is 6.77. The number of halogens is 1. The number of likely N-dealkylation sites (tertiary alicyclic amines) is 1. The summed E-state index contributed by atoms with van der Waals surface area (Å²) in [6, 6.07) is 18.0. The van der Waals surface area contributed by atoms with Gasteiger partial charge < -0.3 is 20.4 Å². The number of aromatic nitrogens is 2. The number of amides is 2. The number of carbonyl (C=O) groups excluding carboxylic acids is 2. The lowest BCUT2D eigenvalue weighted by Crippen LogP contribution is -2.47. The summed E-state index contributed by atoms with van der Waals surface area (Å²) in [5.41, 5.74) is 9.65. The number of rotatable bonds is 7. The fourth-order valence-corrected chi connectivity index (χ4v) is 6.22.